The Kier molecular flexibility index (Phi) is 4.89. The Morgan fingerprint density at radius 2 is 1.62 bits per heavy atom. The number of nitrogens with zero attached hydrogens (tertiary/aromatic N) is 5. The van der Waals surface area contributed by atoms with Gasteiger partial charge in [0, 0.05) is 55.5 Å². The molecule has 1 saturated heterocycles. The molecule has 5 rings (SSSR count). The van der Waals surface area contributed by atoms with Crippen LogP contribution in [0.1, 0.15) is 0 Å². The molecule has 3 heterocycles. The minimum absolute atomic E-state index is 0.0998. The normalized spacial score (nSPS) is 14.2. The number of fused-ring (bicyclic) bond motifs is 3. The molecule has 0 spiro atoms. The largest absolute Gasteiger partial charge is 0.493 e. The fraction of sp³-hybridized carbons (Fsp3) is 0.273. The van der Waals surface area contributed by atoms with Crippen LogP contribution in [0.5, 0.6) is 11.5 Å². The van der Waals surface area contributed by atoms with Crippen molar-refractivity contribution in [2.24, 2.45) is 0 Å². The number of nitrogens with one attached hydrogen (secondary N) is 1. The monoisotopic (exact) mass is 434 g/mol. The van der Waals surface area contributed by atoms with E-state index in [-0.39, 0.29) is 10.6 Å². The predicted molar refractivity (Wildman–Crippen MR) is 122 cm³/mol. The van der Waals surface area contributed by atoms with Crippen molar-refractivity contribution in [2.75, 3.05) is 50.2 Å². The highest BCUT2D eigenvalue weighted by Crippen LogP contribution is 2.37. The lowest BCUT2D eigenvalue weighted by Crippen LogP contribution is -2.46. The molecule has 0 amide bonds. The molecule has 0 radical (unpaired) electrons. The van der Waals surface area contributed by atoms with Gasteiger partial charge in [0.05, 0.1) is 24.7 Å². The van der Waals surface area contributed by atoms with E-state index in [1.165, 1.54) is 0 Å². The highest BCUT2D eigenvalue weighted by atomic mass is 16.6. The van der Waals surface area contributed by atoms with Crippen molar-refractivity contribution in [1.29, 1.82) is 0 Å². The molecule has 0 bridgehead atoms. The number of nitro groups is 1. The van der Waals surface area contributed by atoms with Crippen LogP contribution >= 0.6 is 0 Å². The van der Waals surface area contributed by atoms with Gasteiger partial charge < -0.3 is 24.3 Å². The van der Waals surface area contributed by atoms with Crippen LogP contribution < -0.4 is 19.3 Å². The molecule has 1 aliphatic heterocycles. The smallest absolute Gasteiger partial charge is 0.269 e. The van der Waals surface area contributed by atoms with Crippen LogP contribution in [-0.4, -0.2) is 60.3 Å². The Hall–Kier alpha value is -4.08. The number of H-pyrrole nitrogens is 1. The maximum Gasteiger partial charge on any atom is 0.269 e. The highest BCUT2D eigenvalue weighted by molar-refractivity contribution is 6.09. The lowest BCUT2D eigenvalue weighted by molar-refractivity contribution is -0.384. The summed E-state index contributed by atoms with van der Waals surface area (Å²) in [5.74, 6) is 2.16. The lowest BCUT2D eigenvalue weighted by Gasteiger charge is -2.36. The summed E-state index contributed by atoms with van der Waals surface area (Å²) in [6.45, 7) is 3.10. The molecule has 1 fully saturated rings. The second-order valence-electron chi connectivity index (χ2n) is 7.55. The Balaban J connectivity index is 1.42. The van der Waals surface area contributed by atoms with E-state index in [9.17, 15) is 10.1 Å². The predicted octanol–water partition coefficient (Wildman–Crippen LogP) is 3.36. The van der Waals surface area contributed by atoms with Gasteiger partial charge in [0.15, 0.2) is 17.3 Å². The van der Waals surface area contributed by atoms with Gasteiger partial charge in [0.2, 0.25) is 0 Å². The first-order valence-electron chi connectivity index (χ1n) is 10.2. The third kappa shape index (κ3) is 3.29. The number of anilines is 2. The van der Waals surface area contributed by atoms with Crippen molar-refractivity contribution in [2.45, 2.75) is 0 Å². The molecule has 0 aliphatic carbocycles. The van der Waals surface area contributed by atoms with Crippen LogP contribution in [0.25, 0.3) is 21.9 Å². The fourth-order valence-corrected chi connectivity index (χ4v) is 4.21. The molecular formula is C22H22N6O4. The van der Waals surface area contributed by atoms with Gasteiger partial charge in [-0.3, -0.25) is 10.1 Å². The first-order valence-corrected chi connectivity index (χ1v) is 10.2. The zero-order valence-corrected chi connectivity index (χ0v) is 17.7. The lowest BCUT2D eigenvalue weighted by atomic mass is 10.2. The summed E-state index contributed by atoms with van der Waals surface area (Å²) in [6.07, 6.45) is 1.59. The fourth-order valence-electron chi connectivity index (χ4n) is 4.21. The van der Waals surface area contributed by atoms with Gasteiger partial charge in [-0.05, 0) is 18.2 Å². The molecular weight excluding hydrogens is 412 g/mol. The molecule has 10 heteroatoms. The van der Waals surface area contributed by atoms with Gasteiger partial charge in [-0.25, -0.2) is 9.97 Å². The van der Waals surface area contributed by atoms with E-state index in [1.807, 2.05) is 12.1 Å². The quantitative estimate of drug-likeness (QED) is 0.376. The maximum atomic E-state index is 10.9. The highest BCUT2D eigenvalue weighted by Gasteiger charge is 2.23. The summed E-state index contributed by atoms with van der Waals surface area (Å²) in [7, 11) is 3.23. The third-order valence-electron chi connectivity index (χ3n) is 5.87. The number of piperazine rings is 1. The number of rotatable bonds is 5. The first kappa shape index (κ1) is 19.9. The third-order valence-corrected chi connectivity index (χ3v) is 5.87. The van der Waals surface area contributed by atoms with Crippen molar-refractivity contribution in [3.8, 4) is 11.5 Å². The number of benzene rings is 2. The van der Waals surface area contributed by atoms with E-state index >= 15 is 0 Å². The Morgan fingerprint density at radius 1 is 0.969 bits per heavy atom. The summed E-state index contributed by atoms with van der Waals surface area (Å²) >= 11 is 0. The number of aromatic amines is 1. The Bertz CT molecular complexity index is 1300. The van der Waals surface area contributed by atoms with Crippen LogP contribution in [-0.2, 0) is 0 Å². The summed E-state index contributed by atoms with van der Waals surface area (Å²) in [4.78, 5) is 27.5. The minimum atomic E-state index is -0.381. The van der Waals surface area contributed by atoms with Gasteiger partial charge in [-0.15, -0.1) is 0 Å². The SMILES string of the molecule is COc1cc2[nH]c3c(N4CCN(c5ccc([N+](=O)[O-])cc5)CC4)ncnc3c2cc1OC. The Morgan fingerprint density at radius 3 is 2.28 bits per heavy atom. The summed E-state index contributed by atoms with van der Waals surface area (Å²) < 4.78 is 10.9. The van der Waals surface area contributed by atoms with Gasteiger partial charge in [0.1, 0.15) is 17.4 Å². The van der Waals surface area contributed by atoms with Gasteiger partial charge in [0.25, 0.3) is 5.69 Å². The average Bonchev–Trinajstić information content (AvgIpc) is 3.21. The van der Waals surface area contributed by atoms with E-state index in [1.54, 1.807) is 44.8 Å². The second kappa shape index (κ2) is 7.88. The topological polar surface area (TPSA) is 110 Å². The summed E-state index contributed by atoms with van der Waals surface area (Å²) in [5, 5.41) is 11.8. The maximum absolute atomic E-state index is 10.9. The van der Waals surface area contributed by atoms with Crippen LogP contribution in [0, 0.1) is 10.1 Å². The minimum Gasteiger partial charge on any atom is -0.493 e. The molecule has 4 aromatic rings. The van der Waals surface area contributed by atoms with Crippen LogP contribution in [0.2, 0.25) is 0 Å². The number of methoxy groups -OCH3 is 2. The molecule has 32 heavy (non-hydrogen) atoms. The Labute approximate surface area is 183 Å². The van der Waals surface area contributed by atoms with Gasteiger partial charge in [-0.2, -0.15) is 0 Å². The molecule has 0 atom stereocenters. The number of nitro benzene ring substituents is 1. The van der Waals surface area contributed by atoms with Gasteiger partial charge >= 0.3 is 0 Å². The van der Waals surface area contributed by atoms with E-state index in [4.69, 9.17) is 9.47 Å². The van der Waals surface area contributed by atoms with Crippen LogP contribution in [0.4, 0.5) is 17.2 Å². The number of aromatic nitrogens is 3. The van der Waals surface area contributed by atoms with Crippen molar-refractivity contribution in [1.82, 2.24) is 15.0 Å². The number of ether oxygens (including phenoxy) is 2. The number of non-ortho nitro benzene ring substituents is 1. The second-order valence-corrected chi connectivity index (χ2v) is 7.55. The van der Waals surface area contributed by atoms with Crippen molar-refractivity contribution in [3.05, 3.63) is 52.8 Å². The molecule has 164 valence electrons. The van der Waals surface area contributed by atoms with E-state index < -0.39 is 0 Å². The average molecular weight is 434 g/mol. The molecule has 1 aliphatic rings. The number of hydrogen-bond acceptors (Lipinski definition) is 8. The van der Waals surface area contributed by atoms with Crippen molar-refractivity contribution in [3.63, 3.8) is 0 Å². The standard InChI is InChI=1S/C22H22N6O4/c1-31-18-11-16-17(12-19(18)32-2)25-21-20(16)23-13-24-22(21)27-9-7-26(8-10-27)14-3-5-15(6-4-14)28(29)30/h3-6,11-13,25H,7-10H2,1-2H3. The summed E-state index contributed by atoms with van der Waals surface area (Å²) in [6, 6.07) is 10.5. The first-order chi connectivity index (χ1) is 15.6. The van der Waals surface area contributed by atoms with Crippen molar-refractivity contribution >= 4 is 39.1 Å². The molecule has 2 aromatic carbocycles. The molecule has 0 saturated carbocycles. The van der Waals surface area contributed by atoms with E-state index in [2.05, 4.69) is 24.8 Å². The summed E-state index contributed by atoms with van der Waals surface area (Å²) in [5.41, 5.74) is 3.70. The molecule has 10 nitrogen and oxygen atoms in total. The van der Waals surface area contributed by atoms with E-state index in [0.29, 0.717) is 11.5 Å². The van der Waals surface area contributed by atoms with Crippen LogP contribution in [0.15, 0.2) is 42.7 Å². The van der Waals surface area contributed by atoms with Crippen LogP contribution in [0.3, 0.4) is 0 Å². The zero-order chi connectivity index (χ0) is 22.2. The van der Waals surface area contributed by atoms with Crippen molar-refractivity contribution < 1.29 is 14.4 Å². The van der Waals surface area contributed by atoms with E-state index in [0.717, 1.165) is 59.6 Å². The number of hydrogen-bond donors (Lipinski definition) is 1. The zero-order valence-electron chi connectivity index (χ0n) is 17.7. The molecule has 0 unspecified atom stereocenters. The molecule has 2 aromatic heterocycles. The molecule has 1 N–H and O–H groups in total. The van der Waals surface area contributed by atoms with Gasteiger partial charge in [-0.1, -0.05) is 0 Å².